The highest BCUT2D eigenvalue weighted by Crippen LogP contribution is 2.29. The molecule has 0 aliphatic rings. The van der Waals surface area contributed by atoms with Crippen LogP contribution in [0.1, 0.15) is 19.5 Å². The van der Waals surface area contributed by atoms with E-state index in [4.69, 9.17) is 4.74 Å². The van der Waals surface area contributed by atoms with E-state index in [2.05, 4.69) is 10.3 Å². The van der Waals surface area contributed by atoms with Gasteiger partial charge in [-0.25, -0.2) is 4.98 Å². The first kappa shape index (κ1) is 20.3. The number of carbonyl (C=O) groups excluding carboxylic acids is 2. The van der Waals surface area contributed by atoms with E-state index < -0.39 is 0 Å². The van der Waals surface area contributed by atoms with Crippen LogP contribution in [0.3, 0.4) is 0 Å². The number of aromatic nitrogens is 1. The van der Waals surface area contributed by atoms with Crippen LogP contribution in [0.5, 0.6) is 5.75 Å². The molecule has 0 saturated heterocycles. The first-order valence-electron chi connectivity index (χ1n) is 9.10. The lowest BCUT2D eigenvalue weighted by molar-refractivity contribution is -0.116. The van der Waals surface area contributed by atoms with Gasteiger partial charge in [0, 0.05) is 18.4 Å². The SMILES string of the molecule is CCOc1ccccc1NC(=O)C=Cc1csc(N(C(C)=O)c2ccccc2)n1. The third-order valence-electron chi connectivity index (χ3n) is 3.88. The van der Waals surface area contributed by atoms with Gasteiger partial charge in [-0.05, 0) is 37.3 Å². The number of carbonyl (C=O) groups is 2. The molecule has 2 amide bonds. The van der Waals surface area contributed by atoms with Crippen LogP contribution >= 0.6 is 11.3 Å². The standard InChI is InChI=1S/C22H21N3O3S/c1-3-28-20-12-8-7-11-19(20)24-21(27)14-13-17-15-29-22(23-17)25(16(2)26)18-9-5-4-6-10-18/h4-15H,3H2,1-2H3,(H,24,27). The number of hydrogen-bond acceptors (Lipinski definition) is 5. The molecule has 0 aliphatic carbocycles. The van der Waals surface area contributed by atoms with Gasteiger partial charge in [0.05, 0.1) is 23.7 Å². The van der Waals surface area contributed by atoms with Gasteiger partial charge in [0.15, 0.2) is 5.13 Å². The summed E-state index contributed by atoms with van der Waals surface area (Å²) < 4.78 is 5.51. The molecule has 29 heavy (non-hydrogen) atoms. The fourth-order valence-corrected chi connectivity index (χ4v) is 3.50. The number of amides is 2. The smallest absolute Gasteiger partial charge is 0.248 e. The van der Waals surface area contributed by atoms with Gasteiger partial charge in [0.1, 0.15) is 5.75 Å². The Balaban J connectivity index is 1.72. The predicted molar refractivity (Wildman–Crippen MR) is 117 cm³/mol. The lowest BCUT2D eigenvalue weighted by Gasteiger charge is -2.17. The van der Waals surface area contributed by atoms with Crippen LogP contribution in [0.15, 0.2) is 66.1 Å². The molecular weight excluding hydrogens is 386 g/mol. The maximum Gasteiger partial charge on any atom is 0.248 e. The molecule has 0 fully saturated rings. The Morgan fingerprint density at radius 2 is 1.86 bits per heavy atom. The van der Waals surface area contributed by atoms with Crippen molar-refractivity contribution in [2.45, 2.75) is 13.8 Å². The summed E-state index contributed by atoms with van der Waals surface area (Å²) in [4.78, 5) is 30.4. The average Bonchev–Trinajstić information content (AvgIpc) is 3.17. The molecule has 1 aromatic heterocycles. The van der Waals surface area contributed by atoms with Crippen LogP contribution in [0.2, 0.25) is 0 Å². The van der Waals surface area contributed by atoms with Crippen LogP contribution in [0, 0.1) is 0 Å². The van der Waals surface area contributed by atoms with Crippen LogP contribution in [-0.4, -0.2) is 23.4 Å². The van der Waals surface area contributed by atoms with Gasteiger partial charge in [-0.15, -0.1) is 11.3 Å². The molecule has 0 spiro atoms. The predicted octanol–water partition coefficient (Wildman–Crippen LogP) is 4.88. The average molecular weight is 407 g/mol. The Morgan fingerprint density at radius 1 is 1.14 bits per heavy atom. The van der Waals surface area contributed by atoms with Crippen molar-refractivity contribution >= 4 is 45.7 Å². The molecule has 0 radical (unpaired) electrons. The lowest BCUT2D eigenvalue weighted by atomic mass is 10.3. The number of rotatable bonds is 7. The number of anilines is 3. The zero-order chi connectivity index (χ0) is 20.6. The number of nitrogens with zero attached hydrogens (tertiary/aromatic N) is 2. The Kier molecular flexibility index (Phi) is 6.76. The Bertz CT molecular complexity index is 1010. The normalized spacial score (nSPS) is 10.7. The zero-order valence-corrected chi connectivity index (χ0v) is 17.0. The van der Waals surface area contributed by atoms with Crippen molar-refractivity contribution in [3.63, 3.8) is 0 Å². The summed E-state index contributed by atoms with van der Waals surface area (Å²) in [5.74, 6) is 0.192. The third kappa shape index (κ3) is 5.30. The molecule has 1 heterocycles. The van der Waals surface area contributed by atoms with E-state index in [0.717, 1.165) is 5.69 Å². The molecule has 0 unspecified atom stereocenters. The summed E-state index contributed by atoms with van der Waals surface area (Å²) >= 11 is 1.34. The molecule has 3 aromatic rings. The number of benzene rings is 2. The molecule has 2 aromatic carbocycles. The van der Waals surface area contributed by atoms with Crippen LogP contribution in [0.25, 0.3) is 6.08 Å². The van der Waals surface area contributed by atoms with E-state index in [1.165, 1.54) is 24.3 Å². The quantitative estimate of drug-likeness (QED) is 0.567. The maximum atomic E-state index is 12.3. The van der Waals surface area contributed by atoms with E-state index >= 15 is 0 Å². The lowest BCUT2D eigenvalue weighted by Crippen LogP contribution is -2.22. The maximum absolute atomic E-state index is 12.3. The minimum absolute atomic E-state index is 0.133. The summed E-state index contributed by atoms with van der Waals surface area (Å²) in [6.07, 6.45) is 3.02. The number of nitrogens with one attached hydrogen (secondary N) is 1. The number of ether oxygens (including phenoxy) is 1. The molecule has 3 rings (SSSR count). The second-order valence-electron chi connectivity index (χ2n) is 6.00. The Morgan fingerprint density at radius 3 is 2.59 bits per heavy atom. The van der Waals surface area contributed by atoms with Gasteiger partial charge in [-0.1, -0.05) is 30.3 Å². The highest BCUT2D eigenvalue weighted by molar-refractivity contribution is 7.14. The Hall–Kier alpha value is -3.45. The summed E-state index contributed by atoms with van der Waals surface area (Å²) in [7, 11) is 0. The van der Waals surface area contributed by atoms with Crippen molar-refractivity contribution < 1.29 is 14.3 Å². The molecule has 1 N–H and O–H groups in total. The fourth-order valence-electron chi connectivity index (χ4n) is 2.65. The van der Waals surface area contributed by atoms with E-state index in [9.17, 15) is 9.59 Å². The second kappa shape index (κ2) is 9.66. The summed E-state index contributed by atoms with van der Waals surface area (Å²) in [5, 5.41) is 5.14. The monoisotopic (exact) mass is 407 g/mol. The van der Waals surface area contributed by atoms with Gasteiger partial charge in [-0.2, -0.15) is 0 Å². The molecule has 0 atom stereocenters. The van der Waals surface area contributed by atoms with Gasteiger partial charge in [-0.3, -0.25) is 14.5 Å². The van der Waals surface area contributed by atoms with Crippen LogP contribution in [0.4, 0.5) is 16.5 Å². The third-order valence-corrected chi connectivity index (χ3v) is 4.72. The van der Waals surface area contributed by atoms with E-state index in [1.807, 2.05) is 49.4 Å². The van der Waals surface area contributed by atoms with Crippen molar-refractivity contribution in [2.24, 2.45) is 0 Å². The van der Waals surface area contributed by atoms with Gasteiger partial charge in [0.25, 0.3) is 0 Å². The highest BCUT2D eigenvalue weighted by atomic mass is 32.1. The van der Waals surface area contributed by atoms with Crippen molar-refractivity contribution in [2.75, 3.05) is 16.8 Å². The topological polar surface area (TPSA) is 71.5 Å². The number of para-hydroxylation sites is 3. The van der Waals surface area contributed by atoms with E-state index in [-0.39, 0.29) is 11.8 Å². The second-order valence-corrected chi connectivity index (χ2v) is 6.83. The summed E-state index contributed by atoms with van der Waals surface area (Å²) in [5.41, 5.74) is 1.95. The molecule has 0 aliphatic heterocycles. The van der Waals surface area contributed by atoms with Crippen molar-refractivity contribution in [1.29, 1.82) is 0 Å². The first-order valence-corrected chi connectivity index (χ1v) is 9.98. The molecule has 0 bridgehead atoms. The summed E-state index contributed by atoms with van der Waals surface area (Å²) in [6.45, 7) is 3.89. The molecular formula is C22H21N3O3S. The van der Waals surface area contributed by atoms with Crippen LogP contribution < -0.4 is 15.0 Å². The molecule has 6 nitrogen and oxygen atoms in total. The Labute approximate surface area is 173 Å². The van der Waals surface area contributed by atoms with Gasteiger partial charge >= 0.3 is 0 Å². The van der Waals surface area contributed by atoms with Crippen molar-refractivity contribution in [3.8, 4) is 5.75 Å². The van der Waals surface area contributed by atoms with Crippen LogP contribution in [-0.2, 0) is 9.59 Å². The largest absolute Gasteiger partial charge is 0.492 e. The molecule has 7 heteroatoms. The minimum atomic E-state index is -0.293. The number of thiazole rings is 1. The highest BCUT2D eigenvalue weighted by Gasteiger charge is 2.17. The van der Waals surface area contributed by atoms with Crippen molar-refractivity contribution in [3.05, 3.63) is 71.7 Å². The fraction of sp³-hybridized carbons (Fsp3) is 0.136. The zero-order valence-electron chi connectivity index (χ0n) is 16.2. The van der Waals surface area contributed by atoms with Gasteiger partial charge in [0.2, 0.25) is 11.8 Å². The molecule has 148 valence electrons. The summed E-state index contributed by atoms with van der Waals surface area (Å²) in [6, 6.07) is 16.6. The minimum Gasteiger partial charge on any atom is -0.492 e. The van der Waals surface area contributed by atoms with Gasteiger partial charge < -0.3 is 10.1 Å². The van der Waals surface area contributed by atoms with E-state index in [0.29, 0.717) is 28.9 Å². The molecule has 0 saturated carbocycles. The number of hydrogen-bond donors (Lipinski definition) is 1. The first-order chi connectivity index (χ1) is 14.1. The van der Waals surface area contributed by atoms with Crippen molar-refractivity contribution in [1.82, 2.24) is 4.98 Å². The van der Waals surface area contributed by atoms with E-state index in [1.54, 1.807) is 28.5 Å².